The summed E-state index contributed by atoms with van der Waals surface area (Å²) >= 11 is 0. The molecule has 1 aromatic carbocycles. The zero-order chi connectivity index (χ0) is 37.2. The number of nitriles is 1. The number of hydrogen-bond acceptors (Lipinski definition) is 7. The van der Waals surface area contributed by atoms with E-state index in [2.05, 4.69) is 74.2 Å². The molecule has 0 bridgehead atoms. The SMILES string of the molecule is C=C/C(=C\C(O)=C(/C)CN1CCN(Cc2cccc3c2CCN(C(=O)/C(C#N)=C/C2CCCCC2)C3C)CC1)C1=CN(C)C(=C)C(C)=C1C.CO. The van der Waals surface area contributed by atoms with Crippen molar-refractivity contribution in [3.63, 3.8) is 0 Å². The molecule has 2 N–H and O–H groups in total. The molecule has 0 spiro atoms. The van der Waals surface area contributed by atoms with Crippen molar-refractivity contribution >= 4 is 5.91 Å². The molecule has 8 nitrogen and oxygen atoms in total. The summed E-state index contributed by atoms with van der Waals surface area (Å²) in [6, 6.07) is 8.69. The molecule has 3 heterocycles. The maximum absolute atomic E-state index is 13.5. The van der Waals surface area contributed by atoms with E-state index >= 15 is 0 Å². The Morgan fingerprint density at radius 2 is 1.71 bits per heavy atom. The predicted molar refractivity (Wildman–Crippen MR) is 207 cm³/mol. The molecule has 274 valence electrons. The number of allylic oxidation sites excluding steroid dienone is 7. The third kappa shape index (κ3) is 9.39. The second kappa shape index (κ2) is 18.4. The van der Waals surface area contributed by atoms with Crippen LogP contribution in [0.1, 0.15) is 82.5 Å². The minimum Gasteiger partial charge on any atom is -0.508 e. The molecule has 3 aliphatic heterocycles. The van der Waals surface area contributed by atoms with Crippen LogP contribution in [0.5, 0.6) is 0 Å². The van der Waals surface area contributed by atoms with E-state index in [1.807, 2.05) is 42.0 Å². The fourth-order valence-electron chi connectivity index (χ4n) is 7.84. The summed E-state index contributed by atoms with van der Waals surface area (Å²) < 4.78 is 0. The number of nitrogens with zero attached hydrogens (tertiary/aromatic N) is 5. The van der Waals surface area contributed by atoms with Crippen LogP contribution in [0.4, 0.5) is 0 Å². The highest BCUT2D eigenvalue weighted by Crippen LogP contribution is 2.35. The van der Waals surface area contributed by atoms with Gasteiger partial charge in [0.05, 0.1) is 6.04 Å². The van der Waals surface area contributed by atoms with Crippen molar-refractivity contribution in [1.29, 1.82) is 5.26 Å². The van der Waals surface area contributed by atoms with E-state index in [0.29, 0.717) is 30.3 Å². The van der Waals surface area contributed by atoms with Crippen LogP contribution in [0.25, 0.3) is 0 Å². The normalized spacial score (nSPS) is 21.6. The van der Waals surface area contributed by atoms with Crippen LogP contribution in [0.15, 0.2) is 101 Å². The minimum atomic E-state index is -0.119. The number of benzene rings is 1. The first-order valence-corrected chi connectivity index (χ1v) is 18.5. The summed E-state index contributed by atoms with van der Waals surface area (Å²) in [6.45, 7) is 22.5. The van der Waals surface area contributed by atoms with Crippen molar-refractivity contribution in [2.45, 2.75) is 78.8 Å². The quantitative estimate of drug-likeness (QED) is 0.120. The van der Waals surface area contributed by atoms with Gasteiger partial charge in [-0.05, 0) is 97.9 Å². The van der Waals surface area contributed by atoms with Gasteiger partial charge in [0.15, 0.2) is 0 Å². The lowest BCUT2D eigenvalue weighted by molar-refractivity contribution is -0.129. The Balaban J connectivity index is 0.00000286. The topological polar surface area (TPSA) is 94.3 Å². The molecule has 4 aliphatic rings. The van der Waals surface area contributed by atoms with Gasteiger partial charge in [-0.1, -0.05) is 62.8 Å². The second-order valence-corrected chi connectivity index (χ2v) is 14.4. The average Bonchev–Trinajstić information content (AvgIpc) is 3.15. The van der Waals surface area contributed by atoms with Gasteiger partial charge in [-0.2, -0.15) is 5.26 Å². The third-order valence-corrected chi connectivity index (χ3v) is 11.2. The van der Waals surface area contributed by atoms with Gasteiger partial charge in [0, 0.05) is 77.4 Å². The maximum Gasteiger partial charge on any atom is 0.264 e. The van der Waals surface area contributed by atoms with Crippen LogP contribution < -0.4 is 0 Å². The van der Waals surface area contributed by atoms with E-state index in [-0.39, 0.29) is 11.9 Å². The monoisotopic (exact) mass is 693 g/mol. The molecule has 1 unspecified atom stereocenters. The standard InChI is InChI=1S/C42H55N5O2.CH4O/c1-8-35(40-28-44(7)32(5)30(3)31(40)4)24-41(48)29(2)26-45-19-21-46(22-20-45)27-36-15-12-16-38-33(6)47(18-17-39(36)38)42(49)37(25-43)23-34-13-10-9-11-14-34;1-2/h8,12,15-16,23-24,28,33-34,48H,1,5,9-11,13-14,17-22,26-27H2,2-4,6-7H3;2H,1H3/b35-24+,37-23+,41-29-;. The molecule has 1 amide bonds. The smallest absolute Gasteiger partial charge is 0.264 e. The van der Waals surface area contributed by atoms with Crippen molar-refractivity contribution in [2.24, 2.45) is 5.92 Å². The second-order valence-electron chi connectivity index (χ2n) is 14.4. The largest absolute Gasteiger partial charge is 0.508 e. The van der Waals surface area contributed by atoms with Crippen molar-refractivity contribution in [1.82, 2.24) is 19.6 Å². The van der Waals surface area contributed by atoms with Crippen molar-refractivity contribution in [2.75, 3.05) is 53.4 Å². The number of likely N-dealkylation sites (N-methyl/N-ethyl adjacent to an activating group) is 1. The first-order chi connectivity index (χ1) is 24.5. The summed E-state index contributed by atoms with van der Waals surface area (Å²) in [4.78, 5) is 22.4. The number of aliphatic hydroxyl groups is 2. The number of aliphatic hydroxyl groups excluding tert-OH is 2. The first kappa shape index (κ1) is 39.6. The molecule has 51 heavy (non-hydrogen) atoms. The molecule has 5 rings (SSSR count). The molecule has 1 atom stereocenters. The highest BCUT2D eigenvalue weighted by atomic mass is 16.3. The van der Waals surface area contributed by atoms with Gasteiger partial charge in [-0.25, -0.2) is 0 Å². The van der Waals surface area contributed by atoms with Gasteiger partial charge in [-0.15, -0.1) is 0 Å². The van der Waals surface area contributed by atoms with Gasteiger partial charge >= 0.3 is 0 Å². The molecule has 1 saturated heterocycles. The molecule has 1 aliphatic carbocycles. The summed E-state index contributed by atoms with van der Waals surface area (Å²) in [5, 5.41) is 28.0. The molecule has 1 aromatic rings. The highest BCUT2D eigenvalue weighted by molar-refractivity contribution is 5.97. The number of amides is 1. The van der Waals surface area contributed by atoms with Crippen LogP contribution in [-0.4, -0.2) is 89.1 Å². The van der Waals surface area contributed by atoms with Gasteiger partial charge in [0.25, 0.3) is 5.91 Å². The zero-order valence-electron chi connectivity index (χ0n) is 31.8. The van der Waals surface area contributed by atoms with Crippen LogP contribution >= 0.6 is 0 Å². The summed E-state index contributed by atoms with van der Waals surface area (Å²) in [7, 11) is 2.99. The minimum absolute atomic E-state index is 0.0621. The molecular formula is C43H59N5O3. The zero-order valence-corrected chi connectivity index (χ0v) is 31.8. The Bertz CT molecular complexity index is 1660. The van der Waals surface area contributed by atoms with Crippen LogP contribution in [0.3, 0.4) is 0 Å². The number of fused-ring (bicyclic) bond motifs is 1. The summed E-state index contributed by atoms with van der Waals surface area (Å²) in [5.41, 5.74) is 10.4. The Morgan fingerprint density at radius 3 is 2.35 bits per heavy atom. The molecule has 0 aromatic heterocycles. The van der Waals surface area contributed by atoms with Gasteiger partial charge in [0.1, 0.15) is 17.4 Å². The fourth-order valence-corrected chi connectivity index (χ4v) is 7.84. The Labute approximate surface area is 306 Å². The number of carbonyl (C=O) groups excluding carboxylic acids is 1. The van der Waals surface area contributed by atoms with E-state index in [9.17, 15) is 15.2 Å². The predicted octanol–water partition coefficient (Wildman–Crippen LogP) is 7.51. The van der Waals surface area contributed by atoms with Crippen molar-refractivity contribution < 1.29 is 15.0 Å². The van der Waals surface area contributed by atoms with E-state index < -0.39 is 0 Å². The summed E-state index contributed by atoms with van der Waals surface area (Å²) in [6.07, 6.45) is 14.2. The molecular weight excluding hydrogens is 635 g/mol. The summed E-state index contributed by atoms with van der Waals surface area (Å²) in [5.74, 6) is 0.518. The Kier molecular flexibility index (Phi) is 14.3. The number of carbonyl (C=O) groups is 1. The van der Waals surface area contributed by atoms with E-state index in [1.54, 1.807) is 0 Å². The van der Waals surface area contributed by atoms with Crippen LogP contribution in [0, 0.1) is 17.2 Å². The molecule has 8 heteroatoms. The van der Waals surface area contributed by atoms with E-state index in [0.717, 1.165) is 92.7 Å². The first-order valence-electron chi connectivity index (χ1n) is 18.5. The van der Waals surface area contributed by atoms with E-state index in [4.69, 9.17) is 5.11 Å². The van der Waals surface area contributed by atoms with Crippen molar-refractivity contribution in [3.05, 3.63) is 117 Å². The lowest BCUT2D eigenvalue weighted by atomic mass is 9.87. The fraction of sp³-hybridized carbons (Fsp3) is 0.488. The Hall–Kier alpha value is -4.16. The highest BCUT2D eigenvalue weighted by Gasteiger charge is 2.31. The Morgan fingerprint density at radius 1 is 1.04 bits per heavy atom. The maximum atomic E-state index is 13.5. The molecule has 0 radical (unpaired) electrons. The lowest BCUT2D eigenvalue weighted by Gasteiger charge is -2.38. The number of hydrogen-bond donors (Lipinski definition) is 2. The number of piperazine rings is 1. The molecule has 2 fully saturated rings. The number of rotatable bonds is 9. The molecule has 1 saturated carbocycles. The van der Waals surface area contributed by atoms with Gasteiger partial charge in [-0.3, -0.25) is 14.6 Å². The van der Waals surface area contributed by atoms with Crippen molar-refractivity contribution in [3.8, 4) is 6.07 Å². The average molecular weight is 694 g/mol. The van der Waals surface area contributed by atoms with Gasteiger partial charge < -0.3 is 20.0 Å². The van der Waals surface area contributed by atoms with Crippen LogP contribution in [-0.2, 0) is 17.8 Å². The lowest BCUT2D eigenvalue weighted by Crippen LogP contribution is -2.46. The third-order valence-electron chi connectivity index (χ3n) is 11.2. The van der Waals surface area contributed by atoms with Crippen LogP contribution in [0.2, 0.25) is 0 Å². The van der Waals surface area contributed by atoms with Gasteiger partial charge in [0.2, 0.25) is 0 Å². The van der Waals surface area contributed by atoms with E-state index in [1.165, 1.54) is 36.0 Å².